The number of phenolic OH excluding ortho intramolecular Hbond substituents is 1. The average molecular weight is 510 g/mol. The number of rotatable bonds is 4. The Kier molecular flexibility index (Phi) is 5.86. The van der Waals surface area contributed by atoms with Crippen molar-refractivity contribution >= 4 is 48.6 Å². The average Bonchev–Trinajstić information content (AvgIpc) is 2.69. The maximum atomic E-state index is 12.5. The Morgan fingerprint density at radius 3 is 1.93 bits per heavy atom. The summed E-state index contributed by atoms with van der Waals surface area (Å²) in [4.78, 5) is 12.5. The molecule has 0 radical (unpaired) electrons. The molecule has 0 heterocycles. The fourth-order valence-corrected chi connectivity index (χ4v) is 4.29. The molecule has 0 amide bonds. The summed E-state index contributed by atoms with van der Waals surface area (Å²) < 4.78 is 17.5. The Balaban J connectivity index is 2.50. The van der Waals surface area contributed by atoms with Gasteiger partial charge < -0.3 is 19.3 Å². The van der Waals surface area contributed by atoms with Crippen molar-refractivity contribution in [1.82, 2.24) is 0 Å². The molecule has 0 spiro atoms. The summed E-state index contributed by atoms with van der Waals surface area (Å²) in [6.07, 6.45) is 0. The second-order valence-electron chi connectivity index (χ2n) is 6.13. The van der Waals surface area contributed by atoms with Gasteiger partial charge in [-0.25, -0.2) is 4.79 Å². The number of methoxy groups -OCH3 is 3. The molecule has 0 aliphatic heterocycles. The molecule has 1 N–H and O–H groups in total. The molecule has 3 rings (SSSR count). The number of hydrogen-bond acceptors (Lipinski definition) is 5. The SMILES string of the molecule is COC(=O)c1cc(O)c2cc(OC)c(OC)cc2c1-c1cc(Br)c(C)c(Br)c1. The van der Waals surface area contributed by atoms with E-state index in [9.17, 15) is 9.90 Å². The number of ether oxygens (including phenoxy) is 3. The maximum Gasteiger partial charge on any atom is 0.338 e. The summed E-state index contributed by atoms with van der Waals surface area (Å²) in [7, 11) is 4.37. The second kappa shape index (κ2) is 8.01. The Bertz CT molecular complexity index is 1070. The van der Waals surface area contributed by atoms with Gasteiger partial charge in [0.1, 0.15) is 5.75 Å². The van der Waals surface area contributed by atoms with E-state index in [2.05, 4.69) is 31.9 Å². The van der Waals surface area contributed by atoms with Gasteiger partial charge in [0.2, 0.25) is 0 Å². The molecular formula is C21H18Br2O5. The second-order valence-corrected chi connectivity index (χ2v) is 7.84. The van der Waals surface area contributed by atoms with Crippen LogP contribution in [0.5, 0.6) is 17.2 Å². The molecule has 28 heavy (non-hydrogen) atoms. The number of carbonyl (C=O) groups is 1. The molecule has 7 heteroatoms. The predicted molar refractivity (Wildman–Crippen MR) is 116 cm³/mol. The Morgan fingerprint density at radius 2 is 1.43 bits per heavy atom. The standard InChI is InChI=1S/C21H18Br2O5/c1-10-15(22)5-11(6-16(10)23)20-13-9-19(27-3)18(26-2)8-12(13)17(24)7-14(20)21(25)28-4/h5-9,24H,1-4H3. The number of aromatic hydroxyl groups is 1. The van der Waals surface area contributed by atoms with Gasteiger partial charge in [-0.15, -0.1) is 0 Å². The Hall–Kier alpha value is -2.25. The van der Waals surface area contributed by atoms with E-state index < -0.39 is 5.97 Å². The highest BCUT2D eigenvalue weighted by atomic mass is 79.9. The zero-order valence-corrected chi connectivity index (χ0v) is 18.9. The summed E-state index contributed by atoms with van der Waals surface area (Å²) in [6, 6.07) is 8.70. The molecule has 3 aromatic carbocycles. The van der Waals surface area contributed by atoms with E-state index in [-0.39, 0.29) is 11.3 Å². The molecule has 0 fully saturated rings. The summed E-state index contributed by atoms with van der Waals surface area (Å²) in [5, 5.41) is 11.8. The summed E-state index contributed by atoms with van der Waals surface area (Å²) in [5.41, 5.74) is 2.69. The van der Waals surface area contributed by atoms with Crippen LogP contribution in [0.4, 0.5) is 0 Å². The largest absolute Gasteiger partial charge is 0.507 e. The van der Waals surface area contributed by atoms with Crippen molar-refractivity contribution in [3.63, 3.8) is 0 Å². The van der Waals surface area contributed by atoms with Crippen LogP contribution in [-0.2, 0) is 4.74 Å². The van der Waals surface area contributed by atoms with Crippen LogP contribution >= 0.6 is 31.9 Å². The van der Waals surface area contributed by atoms with E-state index in [0.717, 1.165) is 20.1 Å². The molecule has 0 aliphatic carbocycles. The van der Waals surface area contributed by atoms with E-state index in [4.69, 9.17) is 14.2 Å². The van der Waals surface area contributed by atoms with E-state index >= 15 is 0 Å². The molecular weight excluding hydrogens is 492 g/mol. The molecule has 0 aromatic heterocycles. The Morgan fingerprint density at radius 1 is 0.893 bits per heavy atom. The van der Waals surface area contributed by atoms with Crippen LogP contribution in [0, 0.1) is 6.92 Å². The number of benzene rings is 3. The molecule has 0 bridgehead atoms. The van der Waals surface area contributed by atoms with Crippen molar-refractivity contribution in [2.24, 2.45) is 0 Å². The number of fused-ring (bicyclic) bond motifs is 1. The van der Waals surface area contributed by atoms with Crippen LogP contribution in [0.3, 0.4) is 0 Å². The van der Waals surface area contributed by atoms with Crippen molar-refractivity contribution < 1.29 is 24.1 Å². The van der Waals surface area contributed by atoms with Crippen LogP contribution < -0.4 is 9.47 Å². The van der Waals surface area contributed by atoms with Crippen molar-refractivity contribution in [1.29, 1.82) is 0 Å². The highest BCUT2D eigenvalue weighted by Gasteiger charge is 2.22. The van der Waals surface area contributed by atoms with Gasteiger partial charge in [0.05, 0.1) is 26.9 Å². The van der Waals surface area contributed by atoms with Gasteiger partial charge in [-0.3, -0.25) is 0 Å². The van der Waals surface area contributed by atoms with Gasteiger partial charge in [-0.2, -0.15) is 0 Å². The highest BCUT2D eigenvalue weighted by molar-refractivity contribution is 9.11. The van der Waals surface area contributed by atoms with Crippen LogP contribution in [0.15, 0.2) is 39.3 Å². The lowest BCUT2D eigenvalue weighted by molar-refractivity contribution is 0.0601. The zero-order chi connectivity index (χ0) is 20.6. The van der Waals surface area contributed by atoms with Gasteiger partial charge >= 0.3 is 5.97 Å². The minimum absolute atomic E-state index is 0.0506. The first kappa shape index (κ1) is 20.5. The number of esters is 1. The predicted octanol–water partition coefficient (Wildman–Crippen LogP) is 5.85. The lowest BCUT2D eigenvalue weighted by Crippen LogP contribution is -2.05. The van der Waals surface area contributed by atoms with Gasteiger partial charge in [-0.05, 0) is 53.8 Å². The highest BCUT2D eigenvalue weighted by Crippen LogP contribution is 2.44. The van der Waals surface area contributed by atoms with Crippen molar-refractivity contribution in [3.8, 4) is 28.4 Å². The molecule has 3 aromatic rings. The fraction of sp³-hybridized carbons (Fsp3) is 0.190. The smallest absolute Gasteiger partial charge is 0.338 e. The van der Waals surface area contributed by atoms with Gasteiger partial charge in [0.15, 0.2) is 11.5 Å². The van der Waals surface area contributed by atoms with E-state index in [0.29, 0.717) is 27.8 Å². The van der Waals surface area contributed by atoms with Gasteiger partial charge in [0, 0.05) is 19.9 Å². The van der Waals surface area contributed by atoms with Gasteiger partial charge in [0.25, 0.3) is 0 Å². The summed E-state index contributed by atoms with van der Waals surface area (Å²) in [5.74, 6) is 0.372. The van der Waals surface area contributed by atoms with Crippen LogP contribution in [-0.4, -0.2) is 32.4 Å². The first-order valence-corrected chi connectivity index (χ1v) is 9.87. The summed E-state index contributed by atoms with van der Waals surface area (Å²) >= 11 is 7.12. The van der Waals surface area contributed by atoms with Crippen LogP contribution in [0.2, 0.25) is 0 Å². The van der Waals surface area contributed by atoms with E-state index in [1.165, 1.54) is 27.4 Å². The topological polar surface area (TPSA) is 65.0 Å². The molecule has 0 unspecified atom stereocenters. The first-order chi connectivity index (χ1) is 13.3. The molecule has 0 aliphatic rings. The zero-order valence-electron chi connectivity index (χ0n) is 15.7. The van der Waals surface area contributed by atoms with Crippen molar-refractivity contribution in [3.05, 3.63) is 50.4 Å². The van der Waals surface area contributed by atoms with E-state index in [1.54, 1.807) is 12.1 Å². The lowest BCUT2D eigenvalue weighted by atomic mass is 9.91. The molecule has 0 saturated heterocycles. The number of halogens is 2. The van der Waals surface area contributed by atoms with Crippen LogP contribution in [0.25, 0.3) is 21.9 Å². The normalized spacial score (nSPS) is 10.8. The van der Waals surface area contributed by atoms with Crippen molar-refractivity contribution in [2.75, 3.05) is 21.3 Å². The quantitative estimate of drug-likeness (QED) is 0.447. The maximum absolute atomic E-state index is 12.5. The minimum atomic E-state index is -0.546. The number of phenols is 1. The Labute approximate surface area is 179 Å². The summed E-state index contributed by atoms with van der Waals surface area (Å²) in [6.45, 7) is 1.97. The third-order valence-electron chi connectivity index (χ3n) is 4.59. The molecule has 146 valence electrons. The monoisotopic (exact) mass is 508 g/mol. The third-order valence-corrected chi connectivity index (χ3v) is 6.24. The number of carbonyl (C=O) groups excluding carboxylic acids is 1. The van der Waals surface area contributed by atoms with E-state index in [1.807, 2.05) is 19.1 Å². The number of hydrogen-bond donors (Lipinski definition) is 1. The molecule has 0 saturated carbocycles. The third kappa shape index (κ3) is 3.44. The fourth-order valence-electron chi connectivity index (χ4n) is 3.10. The van der Waals surface area contributed by atoms with Crippen molar-refractivity contribution in [2.45, 2.75) is 6.92 Å². The molecule has 0 atom stereocenters. The molecule has 5 nitrogen and oxygen atoms in total. The van der Waals surface area contributed by atoms with Crippen LogP contribution in [0.1, 0.15) is 15.9 Å². The first-order valence-electron chi connectivity index (χ1n) is 8.28. The minimum Gasteiger partial charge on any atom is -0.507 e. The van der Waals surface area contributed by atoms with Gasteiger partial charge in [-0.1, -0.05) is 31.9 Å². The lowest BCUT2D eigenvalue weighted by Gasteiger charge is -2.17.